The number of unbranched alkanes of at least 4 members (excludes halogenated alkanes) is 23. The first kappa shape index (κ1) is 40.7. The highest BCUT2D eigenvalue weighted by molar-refractivity contribution is 5.69. The zero-order chi connectivity index (χ0) is 30.8. The van der Waals surface area contributed by atoms with Gasteiger partial charge in [0.25, 0.3) is 0 Å². The van der Waals surface area contributed by atoms with E-state index in [1.807, 2.05) is 0 Å². The van der Waals surface area contributed by atoms with Crippen molar-refractivity contribution in [3.05, 3.63) is 12.2 Å². The lowest BCUT2D eigenvalue weighted by molar-refractivity contribution is -0.150. The topological polar surface area (TPSA) is 63.6 Å². The van der Waals surface area contributed by atoms with E-state index in [0.717, 1.165) is 44.9 Å². The van der Waals surface area contributed by atoms with Gasteiger partial charge in [-0.3, -0.25) is 9.59 Å². The number of rotatable bonds is 34. The first-order valence-electron chi connectivity index (χ1n) is 18.7. The van der Waals surface area contributed by atoms with Gasteiger partial charge in [-0.25, -0.2) is 0 Å². The molecule has 0 aliphatic carbocycles. The molecule has 248 valence electrons. The first-order chi connectivity index (χ1) is 20.6. The molecule has 1 atom stereocenters. The van der Waals surface area contributed by atoms with Crippen LogP contribution >= 0.6 is 0 Å². The third-order valence-corrected chi connectivity index (χ3v) is 8.49. The third kappa shape index (κ3) is 33.2. The Morgan fingerprint density at radius 2 is 0.881 bits per heavy atom. The SMILES string of the molecule is CCCC/C=C\CCCCCCCC(=O)OC(CCCCCCCCCCCCCCCCC)CCCCCC(=O)O. The molecule has 0 aliphatic rings. The van der Waals surface area contributed by atoms with Gasteiger partial charge in [0.1, 0.15) is 6.10 Å². The first-order valence-corrected chi connectivity index (χ1v) is 18.7. The number of aliphatic carboxylic acids is 1. The predicted molar refractivity (Wildman–Crippen MR) is 181 cm³/mol. The number of carboxylic acid groups (broad SMARTS) is 1. The fourth-order valence-corrected chi connectivity index (χ4v) is 5.69. The van der Waals surface area contributed by atoms with Gasteiger partial charge in [0, 0.05) is 12.8 Å². The van der Waals surface area contributed by atoms with E-state index in [1.54, 1.807) is 0 Å². The zero-order valence-corrected chi connectivity index (χ0v) is 28.3. The summed E-state index contributed by atoms with van der Waals surface area (Å²) in [6.45, 7) is 4.51. The van der Waals surface area contributed by atoms with Gasteiger partial charge in [-0.05, 0) is 57.8 Å². The minimum absolute atomic E-state index is 0.00351. The van der Waals surface area contributed by atoms with Crippen LogP contribution in [0.5, 0.6) is 0 Å². The molecule has 0 radical (unpaired) electrons. The molecule has 0 aromatic carbocycles. The second-order valence-electron chi connectivity index (χ2n) is 12.8. The molecular formula is C38H72O4. The Morgan fingerprint density at radius 3 is 1.38 bits per heavy atom. The van der Waals surface area contributed by atoms with Crippen molar-refractivity contribution in [1.82, 2.24) is 0 Å². The van der Waals surface area contributed by atoms with E-state index in [4.69, 9.17) is 9.84 Å². The van der Waals surface area contributed by atoms with E-state index in [0.29, 0.717) is 12.8 Å². The normalized spacial score (nSPS) is 12.2. The highest BCUT2D eigenvalue weighted by Gasteiger charge is 2.14. The van der Waals surface area contributed by atoms with Crippen molar-refractivity contribution in [2.75, 3.05) is 0 Å². The Hall–Kier alpha value is -1.32. The molecule has 0 aromatic heterocycles. The molecule has 0 saturated heterocycles. The van der Waals surface area contributed by atoms with Crippen LogP contribution in [0, 0.1) is 0 Å². The van der Waals surface area contributed by atoms with E-state index >= 15 is 0 Å². The lowest BCUT2D eigenvalue weighted by Gasteiger charge is -2.18. The number of carboxylic acids is 1. The second-order valence-corrected chi connectivity index (χ2v) is 12.8. The molecule has 0 heterocycles. The van der Waals surface area contributed by atoms with E-state index in [-0.39, 0.29) is 18.5 Å². The summed E-state index contributed by atoms with van der Waals surface area (Å²) >= 11 is 0. The molecule has 0 saturated carbocycles. The quantitative estimate of drug-likeness (QED) is 0.0458. The van der Waals surface area contributed by atoms with Crippen molar-refractivity contribution < 1.29 is 19.4 Å². The largest absolute Gasteiger partial charge is 0.481 e. The van der Waals surface area contributed by atoms with Crippen LogP contribution in [0.15, 0.2) is 12.2 Å². The Bertz CT molecular complexity index is 600. The number of esters is 1. The van der Waals surface area contributed by atoms with Crippen molar-refractivity contribution in [1.29, 1.82) is 0 Å². The number of ether oxygens (including phenoxy) is 1. The molecule has 1 unspecified atom stereocenters. The summed E-state index contributed by atoms with van der Waals surface area (Å²) in [4.78, 5) is 23.3. The number of hydrogen-bond acceptors (Lipinski definition) is 3. The summed E-state index contributed by atoms with van der Waals surface area (Å²) in [5, 5.41) is 8.87. The molecule has 4 heteroatoms. The van der Waals surface area contributed by atoms with Gasteiger partial charge in [-0.1, -0.05) is 154 Å². The summed E-state index contributed by atoms with van der Waals surface area (Å²) in [5.74, 6) is -0.760. The number of hydrogen-bond donors (Lipinski definition) is 1. The highest BCUT2D eigenvalue weighted by atomic mass is 16.5. The predicted octanol–water partition coefficient (Wildman–Crippen LogP) is 12.7. The fourth-order valence-electron chi connectivity index (χ4n) is 5.69. The van der Waals surface area contributed by atoms with Crippen molar-refractivity contribution in [3.63, 3.8) is 0 Å². The van der Waals surface area contributed by atoms with Crippen LogP contribution in [0.2, 0.25) is 0 Å². The van der Waals surface area contributed by atoms with Crippen molar-refractivity contribution in [3.8, 4) is 0 Å². The minimum Gasteiger partial charge on any atom is -0.481 e. The van der Waals surface area contributed by atoms with E-state index in [9.17, 15) is 9.59 Å². The highest BCUT2D eigenvalue weighted by Crippen LogP contribution is 2.19. The standard InChI is InChI=1S/C38H72O4/c1-3-5-7-9-11-13-15-16-17-18-20-21-23-25-28-32-36(33-29-27-30-34-37(39)40)42-38(41)35-31-26-24-22-19-14-12-10-8-6-4-2/h10,12,36H,3-9,11,13-35H2,1-2H3,(H,39,40)/b12-10-. The zero-order valence-electron chi connectivity index (χ0n) is 28.3. The van der Waals surface area contributed by atoms with Gasteiger partial charge in [-0.2, -0.15) is 0 Å². The summed E-state index contributed by atoms with van der Waals surface area (Å²) in [6, 6.07) is 0. The summed E-state index contributed by atoms with van der Waals surface area (Å²) in [7, 11) is 0. The van der Waals surface area contributed by atoms with Crippen LogP contribution in [0.1, 0.15) is 213 Å². The summed E-state index contributed by atoms with van der Waals surface area (Å²) < 4.78 is 5.92. The van der Waals surface area contributed by atoms with Crippen molar-refractivity contribution in [2.24, 2.45) is 0 Å². The molecule has 0 bridgehead atoms. The van der Waals surface area contributed by atoms with Crippen LogP contribution in [0.4, 0.5) is 0 Å². The van der Waals surface area contributed by atoms with Crippen LogP contribution in [-0.2, 0) is 14.3 Å². The average Bonchev–Trinajstić information content (AvgIpc) is 2.97. The third-order valence-electron chi connectivity index (χ3n) is 8.49. The Labute approximate surface area is 262 Å². The maximum absolute atomic E-state index is 12.5. The Morgan fingerprint density at radius 1 is 0.500 bits per heavy atom. The Kier molecular flexibility index (Phi) is 33.1. The maximum Gasteiger partial charge on any atom is 0.306 e. The van der Waals surface area contributed by atoms with E-state index in [1.165, 1.54) is 135 Å². The molecule has 4 nitrogen and oxygen atoms in total. The van der Waals surface area contributed by atoms with Crippen LogP contribution in [0.3, 0.4) is 0 Å². The van der Waals surface area contributed by atoms with Crippen LogP contribution < -0.4 is 0 Å². The molecule has 1 N–H and O–H groups in total. The average molecular weight is 593 g/mol. The van der Waals surface area contributed by atoms with Gasteiger partial charge in [0.2, 0.25) is 0 Å². The van der Waals surface area contributed by atoms with E-state index in [2.05, 4.69) is 26.0 Å². The molecule has 0 amide bonds. The van der Waals surface area contributed by atoms with Crippen LogP contribution in [-0.4, -0.2) is 23.1 Å². The fraction of sp³-hybridized carbons (Fsp3) is 0.895. The molecule has 0 aromatic rings. The van der Waals surface area contributed by atoms with Gasteiger partial charge in [-0.15, -0.1) is 0 Å². The number of carbonyl (C=O) groups excluding carboxylic acids is 1. The molecule has 0 fully saturated rings. The van der Waals surface area contributed by atoms with Gasteiger partial charge in [0.15, 0.2) is 0 Å². The lowest BCUT2D eigenvalue weighted by Crippen LogP contribution is -2.18. The number of allylic oxidation sites excluding steroid dienone is 2. The molecular weight excluding hydrogens is 520 g/mol. The summed E-state index contributed by atoms with van der Waals surface area (Å²) in [5.41, 5.74) is 0. The monoisotopic (exact) mass is 593 g/mol. The van der Waals surface area contributed by atoms with Crippen molar-refractivity contribution in [2.45, 2.75) is 219 Å². The minimum atomic E-state index is -0.723. The maximum atomic E-state index is 12.5. The summed E-state index contributed by atoms with van der Waals surface area (Å²) in [6.07, 6.45) is 40.8. The van der Waals surface area contributed by atoms with Crippen LogP contribution in [0.25, 0.3) is 0 Å². The Balaban J connectivity index is 3.94. The lowest BCUT2D eigenvalue weighted by atomic mass is 10.0. The molecule has 0 spiro atoms. The second kappa shape index (κ2) is 34.2. The number of carbonyl (C=O) groups is 2. The van der Waals surface area contributed by atoms with E-state index < -0.39 is 5.97 Å². The van der Waals surface area contributed by atoms with Gasteiger partial charge in [0.05, 0.1) is 0 Å². The molecule has 42 heavy (non-hydrogen) atoms. The van der Waals surface area contributed by atoms with Gasteiger partial charge < -0.3 is 9.84 Å². The molecule has 0 rings (SSSR count). The molecule has 0 aliphatic heterocycles. The smallest absolute Gasteiger partial charge is 0.306 e. The van der Waals surface area contributed by atoms with Crippen molar-refractivity contribution >= 4 is 11.9 Å². The van der Waals surface area contributed by atoms with Gasteiger partial charge >= 0.3 is 11.9 Å².